The molecule has 1 aromatic heterocycles. The van der Waals surface area contributed by atoms with Gasteiger partial charge < -0.3 is 15.4 Å². The number of methoxy groups -OCH3 is 1. The number of hydrogen-bond donors (Lipinski definition) is 2. The number of benzene rings is 2. The van der Waals surface area contributed by atoms with E-state index in [-0.39, 0.29) is 5.91 Å². The van der Waals surface area contributed by atoms with E-state index < -0.39 is 0 Å². The summed E-state index contributed by atoms with van der Waals surface area (Å²) in [5.41, 5.74) is 2.92. The van der Waals surface area contributed by atoms with Gasteiger partial charge in [-0.3, -0.25) is 4.79 Å². The Morgan fingerprint density at radius 3 is 2.71 bits per heavy atom. The van der Waals surface area contributed by atoms with E-state index >= 15 is 0 Å². The Morgan fingerprint density at radius 2 is 1.96 bits per heavy atom. The summed E-state index contributed by atoms with van der Waals surface area (Å²) in [6.07, 6.45) is 1.53. The summed E-state index contributed by atoms with van der Waals surface area (Å²) < 4.78 is 5.22. The zero-order chi connectivity index (χ0) is 19.9. The largest absolute Gasteiger partial charge is 0.497 e. The van der Waals surface area contributed by atoms with Crippen molar-refractivity contribution in [1.82, 2.24) is 15.3 Å². The number of ether oxygens (including phenoxy) is 1. The second-order valence-corrected chi connectivity index (χ2v) is 6.58. The van der Waals surface area contributed by atoms with Crippen LogP contribution in [0.5, 0.6) is 5.75 Å². The molecule has 1 amide bonds. The molecule has 7 heteroatoms. The van der Waals surface area contributed by atoms with E-state index in [2.05, 4.69) is 20.6 Å². The predicted octanol–water partition coefficient (Wildman–Crippen LogP) is 3.99. The van der Waals surface area contributed by atoms with Gasteiger partial charge >= 0.3 is 0 Å². The van der Waals surface area contributed by atoms with Crippen LogP contribution in [-0.2, 0) is 13.1 Å². The van der Waals surface area contributed by atoms with Crippen LogP contribution in [0.2, 0.25) is 5.02 Å². The van der Waals surface area contributed by atoms with Gasteiger partial charge in [0, 0.05) is 24.3 Å². The maximum atomic E-state index is 12.4. The van der Waals surface area contributed by atoms with Crippen molar-refractivity contribution < 1.29 is 9.53 Å². The molecule has 0 saturated heterocycles. The number of aromatic nitrogens is 2. The second-order valence-electron chi connectivity index (χ2n) is 6.17. The normalized spacial score (nSPS) is 10.4. The third-order valence-corrected chi connectivity index (χ3v) is 4.57. The lowest BCUT2D eigenvalue weighted by atomic mass is 10.2. The Labute approximate surface area is 168 Å². The minimum absolute atomic E-state index is 0.239. The van der Waals surface area contributed by atoms with Crippen LogP contribution in [0.4, 0.5) is 5.95 Å². The average molecular weight is 397 g/mol. The van der Waals surface area contributed by atoms with Gasteiger partial charge in [-0.1, -0.05) is 41.9 Å². The Kier molecular flexibility index (Phi) is 6.45. The van der Waals surface area contributed by atoms with Gasteiger partial charge in [-0.05, 0) is 36.2 Å². The zero-order valence-corrected chi connectivity index (χ0v) is 16.5. The van der Waals surface area contributed by atoms with Crippen molar-refractivity contribution in [3.63, 3.8) is 0 Å². The molecule has 6 nitrogen and oxygen atoms in total. The third-order valence-electron chi connectivity index (χ3n) is 4.21. The van der Waals surface area contributed by atoms with Crippen LogP contribution in [0, 0.1) is 6.92 Å². The average Bonchev–Trinajstić information content (AvgIpc) is 2.71. The number of aryl methyl sites for hydroxylation is 1. The fraction of sp³-hybridized carbons (Fsp3) is 0.190. The van der Waals surface area contributed by atoms with Crippen molar-refractivity contribution in [3.8, 4) is 5.75 Å². The van der Waals surface area contributed by atoms with Crippen molar-refractivity contribution in [2.75, 3.05) is 12.4 Å². The molecule has 0 spiro atoms. The van der Waals surface area contributed by atoms with E-state index in [0.717, 1.165) is 16.9 Å². The Morgan fingerprint density at radius 1 is 1.14 bits per heavy atom. The van der Waals surface area contributed by atoms with Gasteiger partial charge in [-0.2, -0.15) is 0 Å². The predicted molar refractivity (Wildman–Crippen MR) is 110 cm³/mol. The fourth-order valence-electron chi connectivity index (χ4n) is 2.65. The molecule has 0 saturated carbocycles. The molecule has 3 aromatic rings. The number of nitrogens with one attached hydrogen (secondary N) is 2. The monoisotopic (exact) mass is 396 g/mol. The Balaban J connectivity index is 1.61. The molecule has 3 rings (SSSR count). The summed E-state index contributed by atoms with van der Waals surface area (Å²) >= 11 is 6.12. The van der Waals surface area contributed by atoms with E-state index in [1.165, 1.54) is 6.20 Å². The summed E-state index contributed by atoms with van der Waals surface area (Å²) in [4.78, 5) is 21.1. The van der Waals surface area contributed by atoms with Gasteiger partial charge in [0.1, 0.15) is 5.75 Å². The number of rotatable bonds is 7. The lowest BCUT2D eigenvalue weighted by Gasteiger charge is -2.10. The molecule has 144 valence electrons. The number of hydrogen-bond acceptors (Lipinski definition) is 5. The Hall–Kier alpha value is -3.12. The second kappa shape index (κ2) is 9.19. The van der Waals surface area contributed by atoms with Crippen LogP contribution in [0.1, 0.15) is 27.2 Å². The van der Waals surface area contributed by atoms with Crippen LogP contribution in [-0.4, -0.2) is 23.0 Å². The smallest absolute Gasteiger partial charge is 0.254 e. The van der Waals surface area contributed by atoms with Gasteiger partial charge in [0.2, 0.25) is 5.95 Å². The molecular weight excluding hydrogens is 376 g/mol. The van der Waals surface area contributed by atoms with Crippen LogP contribution in [0.15, 0.2) is 54.7 Å². The molecule has 0 radical (unpaired) electrons. The standard InChI is InChI=1S/C21H21ClN4O2/c1-14-18(20(27)23-12-16-7-3-4-9-19(16)22)13-25-21(26-14)24-11-15-6-5-8-17(10-15)28-2/h3-10,13H,11-12H2,1-2H3,(H,23,27)(H,24,25,26). The van der Waals surface area contributed by atoms with Crippen molar-refractivity contribution >= 4 is 23.5 Å². The topological polar surface area (TPSA) is 76.1 Å². The summed E-state index contributed by atoms with van der Waals surface area (Å²) in [7, 11) is 1.63. The molecule has 0 bridgehead atoms. The lowest BCUT2D eigenvalue weighted by molar-refractivity contribution is 0.0949. The maximum absolute atomic E-state index is 12.4. The van der Waals surface area contributed by atoms with E-state index in [0.29, 0.717) is 35.3 Å². The highest BCUT2D eigenvalue weighted by atomic mass is 35.5. The minimum Gasteiger partial charge on any atom is -0.497 e. The summed E-state index contributed by atoms with van der Waals surface area (Å²) in [6, 6.07) is 15.1. The molecule has 28 heavy (non-hydrogen) atoms. The molecule has 0 aliphatic heterocycles. The first-order valence-electron chi connectivity index (χ1n) is 8.79. The number of nitrogens with zero attached hydrogens (tertiary/aromatic N) is 2. The Bertz CT molecular complexity index is 978. The van der Waals surface area contributed by atoms with Crippen LogP contribution >= 0.6 is 11.6 Å². The van der Waals surface area contributed by atoms with Crippen LogP contribution < -0.4 is 15.4 Å². The fourth-order valence-corrected chi connectivity index (χ4v) is 2.85. The molecule has 0 fully saturated rings. The minimum atomic E-state index is -0.239. The highest BCUT2D eigenvalue weighted by Crippen LogP contribution is 2.16. The number of carbonyl (C=O) groups excluding carboxylic acids is 1. The van der Waals surface area contributed by atoms with E-state index in [4.69, 9.17) is 16.3 Å². The number of carbonyl (C=O) groups is 1. The molecule has 2 N–H and O–H groups in total. The van der Waals surface area contributed by atoms with E-state index in [1.807, 2.05) is 42.5 Å². The van der Waals surface area contributed by atoms with Crippen LogP contribution in [0.25, 0.3) is 0 Å². The van der Waals surface area contributed by atoms with Crippen molar-refractivity contribution in [1.29, 1.82) is 0 Å². The number of halogens is 1. The maximum Gasteiger partial charge on any atom is 0.254 e. The van der Waals surface area contributed by atoms with Gasteiger partial charge in [0.05, 0.1) is 18.4 Å². The van der Waals surface area contributed by atoms with E-state index in [1.54, 1.807) is 20.1 Å². The van der Waals surface area contributed by atoms with Crippen molar-refractivity contribution in [2.45, 2.75) is 20.0 Å². The van der Waals surface area contributed by atoms with Gasteiger partial charge in [-0.25, -0.2) is 9.97 Å². The summed E-state index contributed by atoms with van der Waals surface area (Å²) in [6.45, 7) is 2.67. The lowest BCUT2D eigenvalue weighted by Crippen LogP contribution is -2.24. The van der Waals surface area contributed by atoms with Gasteiger partial charge in [-0.15, -0.1) is 0 Å². The van der Waals surface area contributed by atoms with Crippen molar-refractivity contribution in [2.24, 2.45) is 0 Å². The van der Waals surface area contributed by atoms with Gasteiger partial charge in [0.15, 0.2) is 0 Å². The molecule has 0 aliphatic rings. The third kappa shape index (κ3) is 4.98. The first kappa shape index (κ1) is 19.6. The number of amides is 1. The molecule has 0 atom stereocenters. The van der Waals surface area contributed by atoms with Crippen molar-refractivity contribution in [3.05, 3.63) is 82.1 Å². The molecule has 2 aromatic carbocycles. The molecular formula is C21H21ClN4O2. The summed E-state index contributed by atoms with van der Waals surface area (Å²) in [5.74, 6) is 1.02. The van der Waals surface area contributed by atoms with Gasteiger partial charge in [0.25, 0.3) is 5.91 Å². The quantitative estimate of drug-likeness (QED) is 0.631. The number of anilines is 1. The zero-order valence-electron chi connectivity index (χ0n) is 15.7. The molecule has 0 aliphatic carbocycles. The first-order chi connectivity index (χ1) is 13.6. The molecule has 1 heterocycles. The highest BCUT2D eigenvalue weighted by Gasteiger charge is 2.12. The first-order valence-corrected chi connectivity index (χ1v) is 9.16. The highest BCUT2D eigenvalue weighted by molar-refractivity contribution is 6.31. The van der Waals surface area contributed by atoms with Crippen LogP contribution in [0.3, 0.4) is 0 Å². The summed E-state index contributed by atoms with van der Waals surface area (Å²) in [5, 5.41) is 6.63. The van der Waals surface area contributed by atoms with E-state index in [9.17, 15) is 4.79 Å². The molecule has 0 unspecified atom stereocenters. The SMILES string of the molecule is COc1cccc(CNc2ncc(C(=O)NCc3ccccc3Cl)c(C)n2)c1.